The first-order valence-corrected chi connectivity index (χ1v) is 8.52. The van der Waals surface area contributed by atoms with E-state index in [4.69, 9.17) is 4.74 Å². The summed E-state index contributed by atoms with van der Waals surface area (Å²) in [6.45, 7) is 10.1. The highest BCUT2D eigenvalue weighted by Gasteiger charge is 2.11. The van der Waals surface area contributed by atoms with Gasteiger partial charge in [0.2, 0.25) is 0 Å². The molecule has 0 rings (SSSR count). The molecule has 6 nitrogen and oxygen atoms in total. The van der Waals surface area contributed by atoms with Crippen molar-refractivity contribution in [3.05, 3.63) is 0 Å². The summed E-state index contributed by atoms with van der Waals surface area (Å²) in [5.74, 6) is 0.790. The molecule has 0 aromatic carbocycles. The van der Waals surface area contributed by atoms with Crippen molar-refractivity contribution in [3.8, 4) is 0 Å². The van der Waals surface area contributed by atoms with Crippen LogP contribution in [-0.2, 0) is 14.6 Å². The maximum atomic E-state index is 10.9. The Morgan fingerprint density at radius 1 is 1.25 bits per heavy atom. The molecule has 2 N–H and O–H groups in total. The van der Waals surface area contributed by atoms with Gasteiger partial charge in [0.1, 0.15) is 9.84 Å². The maximum Gasteiger partial charge on any atom is 0.191 e. The average molecular weight is 421 g/mol. The molecule has 0 amide bonds. The minimum Gasteiger partial charge on any atom is -0.378 e. The van der Waals surface area contributed by atoms with Crippen LogP contribution in [0.5, 0.6) is 0 Å². The molecule has 0 spiro atoms. The molecule has 0 aromatic heterocycles. The first-order valence-electron chi connectivity index (χ1n) is 6.46. The number of hydrogen-bond donors (Lipinski definition) is 2. The maximum absolute atomic E-state index is 10.9. The van der Waals surface area contributed by atoms with Gasteiger partial charge >= 0.3 is 0 Å². The van der Waals surface area contributed by atoms with Gasteiger partial charge in [0.25, 0.3) is 0 Å². The van der Waals surface area contributed by atoms with Crippen molar-refractivity contribution < 1.29 is 13.2 Å². The Morgan fingerprint density at radius 2 is 1.85 bits per heavy atom. The Labute approximate surface area is 140 Å². The molecule has 0 saturated heterocycles. The van der Waals surface area contributed by atoms with Crippen molar-refractivity contribution in [1.82, 2.24) is 10.6 Å². The Hall–Kier alpha value is -0.0900. The van der Waals surface area contributed by atoms with Crippen molar-refractivity contribution in [3.63, 3.8) is 0 Å². The first-order chi connectivity index (χ1) is 8.64. The van der Waals surface area contributed by atoms with Crippen LogP contribution in [0.2, 0.25) is 0 Å². The predicted molar refractivity (Wildman–Crippen MR) is 94.8 cm³/mol. The molecule has 0 aromatic rings. The lowest BCUT2D eigenvalue weighted by atomic mass is 10.1. The highest BCUT2D eigenvalue weighted by Crippen LogP contribution is 1.97. The third kappa shape index (κ3) is 16.0. The molecule has 0 heterocycles. The van der Waals surface area contributed by atoms with Crippen molar-refractivity contribution >= 4 is 39.8 Å². The standard InChI is InChI=1S/C12H27N3O3S.HI/c1-6-13-11(15-12(2,3)4)14-7-8-18-9-10-19(5,16)17;/h6-10H2,1-5H3,(H2,13,14,15);1H. The molecule has 0 radical (unpaired) electrons. The lowest BCUT2D eigenvalue weighted by Crippen LogP contribution is -2.47. The molecule has 0 aliphatic heterocycles. The quantitative estimate of drug-likeness (QED) is 0.278. The molecule has 0 bridgehead atoms. The topological polar surface area (TPSA) is 79.8 Å². The van der Waals surface area contributed by atoms with Crippen molar-refractivity contribution in [2.75, 3.05) is 38.3 Å². The molecule has 0 fully saturated rings. The van der Waals surface area contributed by atoms with E-state index in [1.807, 2.05) is 6.92 Å². The van der Waals surface area contributed by atoms with Gasteiger partial charge < -0.3 is 15.4 Å². The summed E-state index contributed by atoms with van der Waals surface area (Å²) < 4.78 is 27.0. The predicted octanol–water partition coefficient (Wildman–Crippen LogP) is 1.02. The van der Waals surface area contributed by atoms with E-state index in [9.17, 15) is 8.42 Å². The minimum absolute atomic E-state index is 0. The van der Waals surface area contributed by atoms with E-state index < -0.39 is 9.84 Å². The SMILES string of the molecule is CCNC(=NCCOCCS(C)(=O)=O)NC(C)(C)C.I. The van der Waals surface area contributed by atoms with Crippen molar-refractivity contribution in [2.24, 2.45) is 4.99 Å². The number of hydrogen-bond acceptors (Lipinski definition) is 4. The normalized spacial score (nSPS) is 12.8. The van der Waals surface area contributed by atoms with Crippen LogP contribution in [0.1, 0.15) is 27.7 Å². The number of halogens is 1. The molecular formula is C12H28IN3O3S. The second-order valence-electron chi connectivity index (χ2n) is 5.38. The Bertz CT molecular complexity index is 378. The van der Waals surface area contributed by atoms with Gasteiger partial charge in [-0.3, -0.25) is 4.99 Å². The summed E-state index contributed by atoms with van der Waals surface area (Å²) >= 11 is 0. The fourth-order valence-corrected chi connectivity index (χ4v) is 1.62. The second-order valence-corrected chi connectivity index (χ2v) is 7.64. The van der Waals surface area contributed by atoms with Gasteiger partial charge in [0.15, 0.2) is 5.96 Å². The number of sulfone groups is 1. The number of ether oxygens (including phenoxy) is 1. The van der Waals surface area contributed by atoms with Gasteiger partial charge in [-0.15, -0.1) is 24.0 Å². The van der Waals surface area contributed by atoms with Crippen LogP contribution in [0.4, 0.5) is 0 Å². The fourth-order valence-electron chi connectivity index (χ4n) is 1.20. The van der Waals surface area contributed by atoms with Gasteiger partial charge in [-0.25, -0.2) is 8.42 Å². The van der Waals surface area contributed by atoms with E-state index in [1.165, 1.54) is 6.26 Å². The average Bonchev–Trinajstić information content (AvgIpc) is 2.19. The number of nitrogens with zero attached hydrogens (tertiary/aromatic N) is 1. The van der Waals surface area contributed by atoms with E-state index in [0.29, 0.717) is 13.2 Å². The van der Waals surface area contributed by atoms with Crippen LogP contribution in [0.15, 0.2) is 4.99 Å². The molecule has 0 unspecified atom stereocenters. The van der Waals surface area contributed by atoms with Gasteiger partial charge in [0.05, 0.1) is 25.5 Å². The molecule has 0 atom stereocenters. The lowest BCUT2D eigenvalue weighted by molar-refractivity contribution is 0.157. The number of guanidine groups is 1. The summed E-state index contributed by atoms with van der Waals surface area (Å²) in [4.78, 5) is 4.35. The summed E-state index contributed by atoms with van der Waals surface area (Å²) in [5.41, 5.74) is -0.0574. The zero-order valence-corrected chi connectivity index (χ0v) is 16.2. The summed E-state index contributed by atoms with van der Waals surface area (Å²) in [6, 6.07) is 0. The zero-order chi connectivity index (χ0) is 14.9. The van der Waals surface area contributed by atoms with Gasteiger partial charge in [-0.05, 0) is 27.7 Å². The lowest BCUT2D eigenvalue weighted by Gasteiger charge is -2.23. The molecule has 8 heteroatoms. The molecule has 20 heavy (non-hydrogen) atoms. The van der Waals surface area contributed by atoms with Crippen LogP contribution < -0.4 is 10.6 Å². The van der Waals surface area contributed by atoms with Crippen molar-refractivity contribution in [1.29, 1.82) is 0 Å². The molecule has 0 aliphatic rings. The van der Waals surface area contributed by atoms with Crippen molar-refractivity contribution in [2.45, 2.75) is 33.2 Å². The van der Waals surface area contributed by atoms with Crippen LogP contribution in [0, 0.1) is 0 Å². The molecular weight excluding hydrogens is 393 g/mol. The number of nitrogens with one attached hydrogen (secondary N) is 2. The third-order valence-corrected chi connectivity index (χ3v) is 2.85. The third-order valence-electron chi connectivity index (χ3n) is 1.94. The van der Waals surface area contributed by atoms with E-state index >= 15 is 0 Å². The number of aliphatic imine (C=N–C) groups is 1. The summed E-state index contributed by atoms with van der Waals surface area (Å²) in [7, 11) is -2.95. The highest BCUT2D eigenvalue weighted by molar-refractivity contribution is 14.0. The molecule has 0 aliphatic carbocycles. The van der Waals surface area contributed by atoms with Crippen LogP contribution in [-0.4, -0.2) is 58.2 Å². The Morgan fingerprint density at radius 3 is 2.30 bits per heavy atom. The monoisotopic (exact) mass is 421 g/mol. The largest absolute Gasteiger partial charge is 0.378 e. The minimum atomic E-state index is -2.95. The number of rotatable bonds is 7. The zero-order valence-electron chi connectivity index (χ0n) is 13.0. The van der Waals surface area contributed by atoms with Gasteiger partial charge in [0, 0.05) is 18.3 Å². The van der Waals surface area contributed by atoms with Gasteiger partial charge in [-0.1, -0.05) is 0 Å². The van der Waals surface area contributed by atoms with Crippen LogP contribution in [0.25, 0.3) is 0 Å². The van der Waals surface area contributed by atoms with E-state index in [1.54, 1.807) is 0 Å². The summed E-state index contributed by atoms with van der Waals surface area (Å²) in [6.07, 6.45) is 1.20. The Balaban J connectivity index is 0. The highest BCUT2D eigenvalue weighted by atomic mass is 127. The smallest absolute Gasteiger partial charge is 0.191 e. The Kier molecular flexibility index (Phi) is 11.8. The van der Waals surface area contributed by atoms with E-state index in [-0.39, 0.29) is 41.9 Å². The van der Waals surface area contributed by atoms with Gasteiger partial charge in [-0.2, -0.15) is 0 Å². The molecule has 0 saturated carbocycles. The second kappa shape index (κ2) is 10.6. The first kappa shape index (κ1) is 22.2. The fraction of sp³-hybridized carbons (Fsp3) is 0.917. The van der Waals surface area contributed by atoms with E-state index in [0.717, 1.165) is 12.5 Å². The van der Waals surface area contributed by atoms with E-state index in [2.05, 4.69) is 36.4 Å². The van der Waals surface area contributed by atoms with Crippen LogP contribution in [0.3, 0.4) is 0 Å². The van der Waals surface area contributed by atoms with Crippen LogP contribution >= 0.6 is 24.0 Å². The summed E-state index contributed by atoms with van der Waals surface area (Å²) in [5, 5.41) is 6.40. The molecule has 122 valence electrons.